The Bertz CT molecular complexity index is 4240. The van der Waals surface area contributed by atoms with Gasteiger partial charge in [-0.25, -0.2) is 9.97 Å². The average Bonchev–Trinajstić information content (AvgIpc) is 4.04. The summed E-state index contributed by atoms with van der Waals surface area (Å²) in [6.45, 7) is 9.46. The Hall–Kier alpha value is -8.90. The van der Waals surface area contributed by atoms with Crippen LogP contribution in [0.2, 0.25) is 0 Å². The highest BCUT2D eigenvalue weighted by molar-refractivity contribution is 7.21. The van der Waals surface area contributed by atoms with E-state index in [1.165, 1.54) is 55.6 Å². The topological polar surface area (TPSA) is 51.6 Å². The predicted molar refractivity (Wildman–Crippen MR) is 313 cm³/mol. The molecule has 0 bridgehead atoms. The van der Waals surface area contributed by atoms with Crippen molar-refractivity contribution in [3.63, 3.8) is 0 Å². The third-order valence-electron chi connectivity index (χ3n) is 16.4. The lowest BCUT2D eigenvalue weighted by molar-refractivity contribution is 0.660. The van der Waals surface area contributed by atoms with Gasteiger partial charge in [-0.05, 0) is 126 Å². The van der Waals surface area contributed by atoms with E-state index < -0.39 is 0 Å². The number of hydrogen-bond donors (Lipinski definition) is 0. The number of hydrogen-bond acceptors (Lipinski definition) is 5. The largest absolute Gasteiger partial charge is 0.264 e. The molecule has 0 saturated heterocycles. The first-order valence-electron chi connectivity index (χ1n) is 25.8. The molecule has 0 N–H and O–H groups in total. The maximum atomic E-state index is 6.05. The van der Waals surface area contributed by atoms with E-state index in [4.69, 9.17) is 15.0 Å². The summed E-state index contributed by atoms with van der Waals surface area (Å²) in [6, 6.07) is 73.3. The van der Waals surface area contributed by atoms with Crippen LogP contribution in [0.15, 0.2) is 219 Å². The van der Waals surface area contributed by atoms with E-state index in [1.54, 1.807) is 0 Å². The number of aromatic nitrogens is 4. The van der Waals surface area contributed by atoms with Gasteiger partial charge in [0, 0.05) is 62.4 Å². The second-order valence-electron chi connectivity index (χ2n) is 21.3. The smallest absolute Gasteiger partial charge is 0.109 e. The summed E-state index contributed by atoms with van der Waals surface area (Å²) in [7, 11) is 0. The number of benzene rings is 9. The molecule has 2 aliphatic rings. The molecule has 2 aliphatic carbocycles. The molecular formula is C70H48N4S. The fraction of sp³-hybridized carbons (Fsp3) is 0.0857. The monoisotopic (exact) mass is 976 g/mol. The van der Waals surface area contributed by atoms with Crippen molar-refractivity contribution >= 4 is 54.9 Å². The molecule has 15 rings (SSSR count). The Labute approximate surface area is 439 Å². The summed E-state index contributed by atoms with van der Waals surface area (Å²) in [4.78, 5) is 23.5. The molecule has 0 spiro atoms. The van der Waals surface area contributed by atoms with Gasteiger partial charge in [0.2, 0.25) is 0 Å². The number of fused-ring (bicyclic) bond motifs is 13. The zero-order valence-corrected chi connectivity index (χ0v) is 42.8. The quantitative estimate of drug-likeness (QED) is 0.156. The first-order chi connectivity index (χ1) is 36.7. The van der Waals surface area contributed by atoms with Crippen LogP contribution in [0.3, 0.4) is 0 Å². The molecule has 4 aromatic heterocycles. The number of rotatable bonds is 6. The normalized spacial score (nSPS) is 13.8. The van der Waals surface area contributed by atoms with Gasteiger partial charge in [0.25, 0.3) is 0 Å². The standard InChI is InChI=1S/C70H48N4S/c1-69(2)56-25-7-5-21-50(56)61-52(23-13-27-58(61)69)67-65-66(68(75-67)53-24-14-28-59-62(53)51-22-6-8-26-57(51)70(59,3)4)74-64-55-39-45(42-17-12-19-46(37-42)60-29-9-10-35-72-60)31-33-49(55)48-32-30-44(38-54(48)63(64)73-65)41-16-11-18-43(36-41)47-20-15-34-71-40-47/h5-40H,1-4H3. The second-order valence-corrected chi connectivity index (χ2v) is 22.3. The zero-order chi connectivity index (χ0) is 50.2. The minimum absolute atomic E-state index is 0.166. The van der Waals surface area contributed by atoms with Crippen molar-refractivity contribution in [3.8, 4) is 87.8 Å². The van der Waals surface area contributed by atoms with Crippen LogP contribution in [-0.4, -0.2) is 19.9 Å². The minimum atomic E-state index is -0.166. The zero-order valence-electron chi connectivity index (χ0n) is 42.0. The molecule has 0 atom stereocenters. The van der Waals surface area contributed by atoms with Crippen LogP contribution in [-0.2, 0) is 10.8 Å². The minimum Gasteiger partial charge on any atom is -0.264 e. The van der Waals surface area contributed by atoms with Crippen LogP contribution in [0.25, 0.3) is 131 Å². The molecule has 0 fully saturated rings. The highest BCUT2D eigenvalue weighted by atomic mass is 32.1. The van der Waals surface area contributed by atoms with Crippen LogP contribution in [0.1, 0.15) is 49.9 Å². The molecular weight excluding hydrogens is 929 g/mol. The van der Waals surface area contributed by atoms with Crippen LogP contribution in [0, 0.1) is 0 Å². The third-order valence-corrected chi connectivity index (χ3v) is 17.7. The highest BCUT2D eigenvalue weighted by Gasteiger charge is 2.39. The maximum absolute atomic E-state index is 6.05. The van der Waals surface area contributed by atoms with Crippen LogP contribution in [0.5, 0.6) is 0 Å². The molecule has 0 saturated carbocycles. The summed E-state index contributed by atoms with van der Waals surface area (Å²) in [5.41, 5.74) is 24.9. The fourth-order valence-corrected chi connectivity index (χ4v) is 13.9. The Balaban J connectivity index is 1.06. The van der Waals surface area contributed by atoms with Crippen LogP contribution >= 0.6 is 11.3 Å². The van der Waals surface area contributed by atoms with Crippen molar-refractivity contribution in [1.29, 1.82) is 0 Å². The van der Waals surface area contributed by atoms with Gasteiger partial charge in [-0.1, -0.05) is 185 Å². The molecule has 5 heteroatoms. The lowest BCUT2D eigenvalue weighted by atomic mass is 9.82. The first-order valence-corrected chi connectivity index (χ1v) is 26.7. The number of pyridine rings is 2. The van der Waals surface area contributed by atoms with Gasteiger partial charge in [-0.2, -0.15) is 0 Å². The first kappa shape index (κ1) is 43.7. The molecule has 4 heterocycles. The molecule has 75 heavy (non-hydrogen) atoms. The maximum Gasteiger partial charge on any atom is 0.109 e. The van der Waals surface area contributed by atoms with E-state index >= 15 is 0 Å². The van der Waals surface area contributed by atoms with Crippen molar-refractivity contribution in [2.45, 2.75) is 38.5 Å². The lowest BCUT2D eigenvalue weighted by Gasteiger charge is -2.21. The predicted octanol–water partition coefficient (Wildman–Crippen LogP) is 18.6. The summed E-state index contributed by atoms with van der Waals surface area (Å²) in [5.74, 6) is 0. The van der Waals surface area contributed by atoms with E-state index in [2.05, 4.69) is 215 Å². The molecule has 9 aromatic carbocycles. The van der Waals surface area contributed by atoms with Crippen LogP contribution in [0.4, 0.5) is 0 Å². The second kappa shape index (κ2) is 16.3. The van der Waals surface area contributed by atoms with Gasteiger partial charge in [-0.3, -0.25) is 9.97 Å². The average molecular weight is 977 g/mol. The Morgan fingerprint density at radius 2 is 0.787 bits per heavy atom. The fourth-order valence-electron chi connectivity index (χ4n) is 12.7. The van der Waals surface area contributed by atoms with Gasteiger partial charge >= 0.3 is 0 Å². The third kappa shape index (κ3) is 6.54. The molecule has 0 aliphatic heterocycles. The summed E-state index contributed by atoms with van der Waals surface area (Å²) < 4.78 is 0. The van der Waals surface area contributed by atoms with Crippen LogP contribution < -0.4 is 0 Å². The Morgan fingerprint density at radius 1 is 0.333 bits per heavy atom. The van der Waals surface area contributed by atoms with Crippen molar-refractivity contribution in [2.75, 3.05) is 0 Å². The van der Waals surface area contributed by atoms with Crippen molar-refractivity contribution in [2.24, 2.45) is 0 Å². The highest BCUT2D eigenvalue weighted by Crippen LogP contribution is 2.58. The number of thiophene rings is 1. The van der Waals surface area contributed by atoms with Crippen molar-refractivity contribution < 1.29 is 0 Å². The Morgan fingerprint density at radius 3 is 1.32 bits per heavy atom. The van der Waals surface area contributed by atoms with Crippen molar-refractivity contribution in [3.05, 3.63) is 241 Å². The van der Waals surface area contributed by atoms with Gasteiger partial charge in [0.15, 0.2) is 0 Å². The molecule has 0 radical (unpaired) electrons. The lowest BCUT2D eigenvalue weighted by Crippen LogP contribution is -2.14. The molecule has 4 nitrogen and oxygen atoms in total. The van der Waals surface area contributed by atoms with Gasteiger partial charge < -0.3 is 0 Å². The van der Waals surface area contributed by atoms with Gasteiger partial charge in [0.05, 0.1) is 26.5 Å². The summed E-state index contributed by atoms with van der Waals surface area (Å²) in [6.07, 6.45) is 5.61. The van der Waals surface area contributed by atoms with E-state index in [1.807, 2.05) is 48.1 Å². The van der Waals surface area contributed by atoms with E-state index in [0.717, 1.165) is 98.0 Å². The molecule has 0 unspecified atom stereocenters. The summed E-state index contributed by atoms with van der Waals surface area (Å²) >= 11 is 1.85. The van der Waals surface area contributed by atoms with E-state index in [9.17, 15) is 0 Å². The Kier molecular flexibility index (Phi) is 9.49. The van der Waals surface area contributed by atoms with E-state index in [-0.39, 0.29) is 10.8 Å². The molecule has 13 aromatic rings. The van der Waals surface area contributed by atoms with E-state index in [0.29, 0.717) is 0 Å². The molecule has 0 amide bonds. The number of nitrogens with zero attached hydrogens (tertiary/aromatic N) is 4. The van der Waals surface area contributed by atoms with Gasteiger partial charge in [-0.15, -0.1) is 11.3 Å². The molecule has 354 valence electrons. The summed E-state index contributed by atoms with van der Waals surface area (Å²) in [5, 5.41) is 4.42. The van der Waals surface area contributed by atoms with Gasteiger partial charge in [0.1, 0.15) is 11.0 Å². The SMILES string of the molecule is CC1(C)c2ccccc2-c2c(-c3sc(-c4cccc5c4-c4ccccc4C5(C)C)c4nc5c6cc(-c7cccc(-c8ccccn8)c7)ccc6c6ccc(-c7cccc(-c8cccnc8)c7)cc6c5nc34)cccc21. The van der Waals surface area contributed by atoms with Crippen molar-refractivity contribution in [1.82, 2.24) is 19.9 Å².